The van der Waals surface area contributed by atoms with E-state index in [-0.39, 0.29) is 23.1 Å². The fourth-order valence-electron chi connectivity index (χ4n) is 4.34. The number of fused-ring (bicyclic) bond motifs is 3. The van der Waals surface area contributed by atoms with Crippen LogP contribution in [0.2, 0.25) is 0 Å². The number of hydrogen-bond acceptors (Lipinski definition) is 6. The van der Waals surface area contributed by atoms with Crippen molar-refractivity contribution in [3.63, 3.8) is 0 Å². The first-order valence-corrected chi connectivity index (χ1v) is 13.5. The summed E-state index contributed by atoms with van der Waals surface area (Å²) in [4.78, 5) is 46.8. The number of anilines is 1. The van der Waals surface area contributed by atoms with Crippen molar-refractivity contribution in [1.82, 2.24) is 14.5 Å². The SMILES string of the molecule is CC(=O)N1CCc2c(sc3nc(SCC(=O)Nc4ccc(C)c(C)c4)n(-c4ccccc4)c(=O)c23)C1. The molecule has 0 bridgehead atoms. The van der Waals surface area contributed by atoms with Crippen LogP contribution in [0.1, 0.15) is 28.5 Å². The topological polar surface area (TPSA) is 84.3 Å². The highest BCUT2D eigenvalue weighted by molar-refractivity contribution is 7.99. The van der Waals surface area contributed by atoms with E-state index < -0.39 is 0 Å². The molecule has 5 rings (SSSR count). The predicted octanol–water partition coefficient (Wildman–Crippen LogP) is 4.70. The van der Waals surface area contributed by atoms with E-state index in [0.717, 1.165) is 27.3 Å². The molecule has 0 spiro atoms. The molecular formula is C27H26N4O3S2. The van der Waals surface area contributed by atoms with Gasteiger partial charge in [0.25, 0.3) is 5.56 Å². The van der Waals surface area contributed by atoms with Gasteiger partial charge in [0.1, 0.15) is 4.83 Å². The van der Waals surface area contributed by atoms with Gasteiger partial charge in [-0.05, 0) is 61.2 Å². The Labute approximate surface area is 217 Å². The van der Waals surface area contributed by atoms with Crippen LogP contribution in [-0.4, -0.2) is 38.6 Å². The van der Waals surface area contributed by atoms with Gasteiger partial charge in [0.05, 0.1) is 23.4 Å². The number of rotatable bonds is 5. The highest BCUT2D eigenvalue weighted by atomic mass is 32.2. The minimum Gasteiger partial charge on any atom is -0.337 e. The molecule has 3 heterocycles. The first kappa shape index (κ1) is 24.3. The predicted molar refractivity (Wildman–Crippen MR) is 145 cm³/mol. The van der Waals surface area contributed by atoms with Crippen LogP contribution in [0.5, 0.6) is 0 Å². The number of thiophene rings is 1. The van der Waals surface area contributed by atoms with Crippen LogP contribution in [0.15, 0.2) is 58.5 Å². The van der Waals surface area contributed by atoms with Crippen molar-refractivity contribution >= 4 is 50.8 Å². The Bertz CT molecular complexity index is 1540. The van der Waals surface area contributed by atoms with E-state index in [0.29, 0.717) is 40.6 Å². The molecule has 0 unspecified atom stereocenters. The van der Waals surface area contributed by atoms with Crippen LogP contribution in [0.3, 0.4) is 0 Å². The van der Waals surface area contributed by atoms with Gasteiger partial charge in [-0.1, -0.05) is 36.0 Å². The number of amides is 2. The molecule has 0 radical (unpaired) electrons. The monoisotopic (exact) mass is 518 g/mol. The van der Waals surface area contributed by atoms with Crippen LogP contribution < -0.4 is 10.9 Å². The number of para-hydroxylation sites is 1. The Morgan fingerprint density at radius 2 is 1.89 bits per heavy atom. The average molecular weight is 519 g/mol. The summed E-state index contributed by atoms with van der Waals surface area (Å²) in [6.07, 6.45) is 0.630. The summed E-state index contributed by atoms with van der Waals surface area (Å²) in [5.74, 6) is -0.0282. The second-order valence-corrected chi connectivity index (χ2v) is 10.9. The first-order chi connectivity index (χ1) is 17.3. The number of aromatic nitrogens is 2. The van der Waals surface area contributed by atoms with Crippen molar-refractivity contribution in [3.8, 4) is 5.69 Å². The molecule has 4 aromatic rings. The summed E-state index contributed by atoms with van der Waals surface area (Å²) >= 11 is 2.70. The van der Waals surface area contributed by atoms with Gasteiger partial charge in [-0.25, -0.2) is 4.98 Å². The van der Waals surface area contributed by atoms with E-state index in [9.17, 15) is 14.4 Å². The molecule has 2 aromatic heterocycles. The van der Waals surface area contributed by atoms with E-state index in [4.69, 9.17) is 4.98 Å². The normalized spacial score (nSPS) is 13.0. The van der Waals surface area contributed by atoms with Crippen LogP contribution in [-0.2, 0) is 22.6 Å². The van der Waals surface area contributed by atoms with Crippen LogP contribution in [0.25, 0.3) is 15.9 Å². The Hall–Kier alpha value is -3.43. The molecule has 0 saturated heterocycles. The number of carbonyl (C=O) groups is 2. The summed E-state index contributed by atoms with van der Waals surface area (Å²) in [5.41, 5.74) is 4.56. The maximum absolute atomic E-state index is 13.8. The molecule has 1 aliphatic heterocycles. The Balaban J connectivity index is 1.50. The minimum absolute atomic E-state index is 0.0267. The molecule has 0 atom stereocenters. The van der Waals surface area contributed by atoms with Crippen LogP contribution >= 0.6 is 23.1 Å². The van der Waals surface area contributed by atoms with Gasteiger partial charge in [-0.3, -0.25) is 19.0 Å². The molecule has 2 aromatic carbocycles. The Morgan fingerprint density at radius 3 is 2.61 bits per heavy atom. The maximum Gasteiger partial charge on any atom is 0.267 e. The molecule has 2 amide bonds. The van der Waals surface area contributed by atoms with Gasteiger partial charge in [0.2, 0.25) is 11.8 Å². The van der Waals surface area contributed by atoms with Gasteiger partial charge >= 0.3 is 0 Å². The van der Waals surface area contributed by atoms with Crippen molar-refractivity contribution in [1.29, 1.82) is 0 Å². The number of nitrogens with one attached hydrogen (secondary N) is 1. The third-order valence-electron chi connectivity index (χ3n) is 6.43. The summed E-state index contributed by atoms with van der Waals surface area (Å²) in [6, 6.07) is 15.2. The summed E-state index contributed by atoms with van der Waals surface area (Å²) in [6.45, 7) is 6.69. The van der Waals surface area contributed by atoms with E-state index in [1.165, 1.54) is 23.1 Å². The highest BCUT2D eigenvalue weighted by Gasteiger charge is 2.26. The third kappa shape index (κ3) is 4.68. The molecule has 0 saturated carbocycles. The van der Waals surface area contributed by atoms with Gasteiger partial charge < -0.3 is 10.2 Å². The van der Waals surface area contributed by atoms with Crippen molar-refractivity contribution in [2.24, 2.45) is 0 Å². The number of hydrogen-bond donors (Lipinski definition) is 1. The molecule has 1 aliphatic rings. The van der Waals surface area contributed by atoms with Crippen LogP contribution in [0.4, 0.5) is 5.69 Å². The number of carbonyl (C=O) groups excluding carboxylic acids is 2. The molecule has 7 nitrogen and oxygen atoms in total. The lowest BCUT2D eigenvalue weighted by Gasteiger charge is -2.25. The Kier molecular flexibility index (Phi) is 6.68. The van der Waals surface area contributed by atoms with Gasteiger partial charge in [-0.15, -0.1) is 11.3 Å². The molecule has 184 valence electrons. The van der Waals surface area contributed by atoms with Crippen molar-refractivity contribution in [2.75, 3.05) is 17.6 Å². The molecule has 1 N–H and O–H groups in total. The molecule has 0 aliphatic carbocycles. The van der Waals surface area contributed by atoms with Crippen molar-refractivity contribution in [2.45, 2.75) is 38.9 Å². The van der Waals surface area contributed by atoms with E-state index in [2.05, 4.69) is 5.32 Å². The Morgan fingerprint density at radius 1 is 1.11 bits per heavy atom. The summed E-state index contributed by atoms with van der Waals surface area (Å²) in [7, 11) is 0. The fourth-order valence-corrected chi connectivity index (χ4v) is 6.43. The maximum atomic E-state index is 13.8. The zero-order chi connectivity index (χ0) is 25.4. The second-order valence-electron chi connectivity index (χ2n) is 8.88. The highest BCUT2D eigenvalue weighted by Crippen LogP contribution is 2.34. The zero-order valence-corrected chi connectivity index (χ0v) is 22.0. The van der Waals surface area contributed by atoms with Crippen molar-refractivity contribution < 1.29 is 9.59 Å². The zero-order valence-electron chi connectivity index (χ0n) is 20.3. The van der Waals surface area contributed by atoms with Crippen molar-refractivity contribution in [3.05, 3.63) is 80.5 Å². The van der Waals surface area contributed by atoms with Gasteiger partial charge in [0, 0.05) is 24.0 Å². The van der Waals surface area contributed by atoms with Gasteiger partial charge in [-0.2, -0.15) is 0 Å². The lowest BCUT2D eigenvalue weighted by atomic mass is 10.1. The lowest BCUT2D eigenvalue weighted by Crippen LogP contribution is -2.34. The number of thioether (sulfide) groups is 1. The summed E-state index contributed by atoms with van der Waals surface area (Å²) in [5, 5.41) is 4.02. The van der Waals surface area contributed by atoms with Crippen LogP contribution in [0, 0.1) is 13.8 Å². The smallest absolute Gasteiger partial charge is 0.267 e. The van der Waals surface area contributed by atoms with E-state index in [1.807, 2.05) is 62.4 Å². The fraction of sp³-hybridized carbons (Fsp3) is 0.259. The third-order valence-corrected chi connectivity index (χ3v) is 8.48. The van der Waals surface area contributed by atoms with E-state index >= 15 is 0 Å². The lowest BCUT2D eigenvalue weighted by molar-refractivity contribution is -0.129. The second kappa shape index (κ2) is 9.91. The van der Waals surface area contributed by atoms with Gasteiger partial charge in [0.15, 0.2) is 5.16 Å². The first-order valence-electron chi connectivity index (χ1n) is 11.7. The largest absolute Gasteiger partial charge is 0.337 e. The molecule has 0 fully saturated rings. The number of nitrogens with zero attached hydrogens (tertiary/aromatic N) is 3. The quantitative estimate of drug-likeness (QED) is 0.306. The number of benzene rings is 2. The summed E-state index contributed by atoms with van der Waals surface area (Å²) < 4.78 is 1.60. The minimum atomic E-state index is -0.167. The standard InChI is InChI=1S/C27H26N4O3S2/c1-16-9-10-19(13-17(16)2)28-23(33)15-35-27-29-25-24(26(34)31(27)20-7-5-4-6-8-20)21-11-12-30(18(3)32)14-22(21)36-25/h4-10,13H,11-12,14-15H2,1-3H3,(H,28,33). The molecule has 9 heteroatoms. The number of aryl methyl sites for hydroxylation is 2. The van der Waals surface area contributed by atoms with E-state index in [1.54, 1.807) is 16.4 Å². The molecular weight excluding hydrogens is 492 g/mol. The average Bonchev–Trinajstić information content (AvgIpc) is 3.23. The molecule has 36 heavy (non-hydrogen) atoms.